The van der Waals surface area contributed by atoms with Gasteiger partial charge in [-0.25, -0.2) is 0 Å². The molecule has 2 bridgehead atoms. The van der Waals surface area contributed by atoms with Crippen molar-refractivity contribution in [1.82, 2.24) is 0 Å². The molecule has 0 aromatic heterocycles. The Labute approximate surface area is 99.6 Å². The molecule has 0 spiro atoms. The Morgan fingerprint density at radius 3 is 2.75 bits per heavy atom. The number of hydrogen-bond acceptors (Lipinski definition) is 1. The van der Waals surface area contributed by atoms with Crippen LogP contribution in [0.2, 0.25) is 0 Å². The molecule has 0 aromatic rings. The van der Waals surface area contributed by atoms with Gasteiger partial charge in [-0.3, -0.25) is 0 Å². The standard InChI is InChI=1S/C15H26O/c1-10(2)6-7-15(16)9-11-8-14(15)13-5-3-4-12(11)13/h10-14,16H,3-9H2,1-2H3. The molecule has 0 aliphatic heterocycles. The van der Waals surface area contributed by atoms with Crippen LogP contribution in [0.15, 0.2) is 0 Å². The first-order valence-electron chi connectivity index (χ1n) is 7.32. The summed E-state index contributed by atoms with van der Waals surface area (Å²) in [6, 6.07) is 0. The fraction of sp³-hybridized carbons (Fsp3) is 1.00. The predicted octanol–water partition coefficient (Wildman–Crippen LogP) is 3.61. The van der Waals surface area contributed by atoms with Gasteiger partial charge in [-0.15, -0.1) is 0 Å². The van der Waals surface area contributed by atoms with E-state index in [1.54, 1.807) is 0 Å². The molecule has 1 heteroatoms. The summed E-state index contributed by atoms with van der Waals surface area (Å²) < 4.78 is 0. The first-order chi connectivity index (χ1) is 7.60. The van der Waals surface area contributed by atoms with Crippen LogP contribution >= 0.6 is 0 Å². The molecule has 16 heavy (non-hydrogen) atoms. The third-order valence-corrected chi connectivity index (χ3v) is 5.76. The normalized spacial score (nSPS) is 50.2. The van der Waals surface area contributed by atoms with E-state index in [2.05, 4.69) is 13.8 Å². The number of hydrogen-bond donors (Lipinski definition) is 1. The fourth-order valence-corrected chi connectivity index (χ4v) is 5.06. The molecule has 5 unspecified atom stereocenters. The van der Waals surface area contributed by atoms with E-state index in [0.717, 1.165) is 36.5 Å². The van der Waals surface area contributed by atoms with E-state index in [1.165, 1.54) is 32.1 Å². The van der Waals surface area contributed by atoms with Crippen LogP contribution in [0.1, 0.15) is 58.8 Å². The van der Waals surface area contributed by atoms with Gasteiger partial charge in [0.25, 0.3) is 0 Å². The van der Waals surface area contributed by atoms with Crippen molar-refractivity contribution >= 4 is 0 Å². The van der Waals surface area contributed by atoms with Gasteiger partial charge < -0.3 is 5.11 Å². The topological polar surface area (TPSA) is 20.2 Å². The Balaban J connectivity index is 1.70. The highest BCUT2D eigenvalue weighted by Crippen LogP contribution is 2.63. The zero-order valence-corrected chi connectivity index (χ0v) is 10.8. The molecule has 1 nitrogen and oxygen atoms in total. The lowest BCUT2D eigenvalue weighted by molar-refractivity contribution is -0.0551. The molecule has 3 rings (SSSR count). The number of rotatable bonds is 3. The van der Waals surface area contributed by atoms with E-state index in [1.807, 2.05) is 0 Å². The maximum absolute atomic E-state index is 10.9. The second-order valence-electron chi connectivity index (χ2n) is 7.10. The zero-order valence-electron chi connectivity index (χ0n) is 10.8. The van der Waals surface area contributed by atoms with Gasteiger partial charge in [0.2, 0.25) is 0 Å². The fourth-order valence-electron chi connectivity index (χ4n) is 5.06. The molecule has 0 heterocycles. The predicted molar refractivity (Wildman–Crippen MR) is 66.1 cm³/mol. The molecule has 1 N–H and O–H groups in total. The van der Waals surface area contributed by atoms with Gasteiger partial charge >= 0.3 is 0 Å². The van der Waals surface area contributed by atoms with E-state index >= 15 is 0 Å². The summed E-state index contributed by atoms with van der Waals surface area (Å²) in [6.45, 7) is 4.55. The van der Waals surface area contributed by atoms with E-state index in [4.69, 9.17) is 0 Å². The van der Waals surface area contributed by atoms with Crippen molar-refractivity contribution in [2.45, 2.75) is 64.4 Å². The molecule has 3 fully saturated rings. The number of fused-ring (bicyclic) bond motifs is 5. The lowest BCUT2D eigenvalue weighted by Gasteiger charge is -2.39. The molecule has 0 radical (unpaired) electrons. The first-order valence-corrected chi connectivity index (χ1v) is 7.32. The SMILES string of the molecule is CC(C)CCC1(O)CC2CC1C1CCCC21. The Morgan fingerprint density at radius 1 is 1.25 bits per heavy atom. The lowest BCUT2D eigenvalue weighted by atomic mass is 9.71. The third kappa shape index (κ3) is 1.54. The first kappa shape index (κ1) is 11.1. The van der Waals surface area contributed by atoms with Crippen molar-refractivity contribution in [2.75, 3.05) is 0 Å². The summed E-state index contributed by atoms with van der Waals surface area (Å²) in [4.78, 5) is 0. The average Bonchev–Trinajstić information content (AvgIpc) is 2.84. The van der Waals surface area contributed by atoms with E-state index in [9.17, 15) is 5.11 Å². The van der Waals surface area contributed by atoms with Crippen LogP contribution in [0.25, 0.3) is 0 Å². The second kappa shape index (κ2) is 3.73. The maximum Gasteiger partial charge on any atom is 0.0681 e. The van der Waals surface area contributed by atoms with Gasteiger partial charge in [0.1, 0.15) is 0 Å². The van der Waals surface area contributed by atoms with Gasteiger partial charge in [0.15, 0.2) is 0 Å². The quantitative estimate of drug-likeness (QED) is 0.773. The minimum atomic E-state index is -0.263. The average molecular weight is 222 g/mol. The van der Waals surface area contributed by atoms with Crippen LogP contribution in [-0.4, -0.2) is 10.7 Å². The Morgan fingerprint density at radius 2 is 2.00 bits per heavy atom. The molecular formula is C15H26O. The van der Waals surface area contributed by atoms with E-state index < -0.39 is 0 Å². The van der Waals surface area contributed by atoms with Gasteiger partial charge in [-0.05, 0) is 68.1 Å². The maximum atomic E-state index is 10.9. The van der Waals surface area contributed by atoms with Crippen LogP contribution in [0.3, 0.4) is 0 Å². The molecule has 3 aliphatic rings. The zero-order chi connectivity index (χ0) is 11.3. The van der Waals surface area contributed by atoms with E-state index in [-0.39, 0.29) is 5.60 Å². The summed E-state index contributed by atoms with van der Waals surface area (Å²) in [5.74, 6) is 4.20. The molecule has 92 valence electrons. The van der Waals surface area contributed by atoms with Gasteiger partial charge in [-0.2, -0.15) is 0 Å². The molecular weight excluding hydrogens is 196 g/mol. The highest BCUT2D eigenvalue weighted by atomic mass is 16.3. The second-order valence-corrected chi connectivity index (χ2v) is 7.10. The third-order valence-electron chi connectivity index (χ3n) is 5.76. The molecule has 0 amide bonds. The summed E-state index contributed by atoms with van der Waals surface area (Å²) in [7, 11) is 0. The van der Waals surface area contributed by atoms with Crippen molar-refractivity contribution in [3.8, 4) is 0 Å². The van der Waals surface area contributed by atoms with E-state index in [0.29, 0.717) is 5.92 Å². The minimum absolute atomic E-state index is 0.263. The minimum Gasteiger partial charge on any atom is -0.390 e. The molecule has 0 saturated heterocycles. The van der Waals surface area contributed by atoms with Crippen LogP contribution in [0.5, 0.6) is 0 Å². The molecule has 3 aliphatic carbocycles. The largest absolute Gasteiger partial charge is 0.390 e. The molecule has 0 aromatic carbocycles. The Bertz CT molecular complexity index is 273. The summed E-state index contributed by atoms with van der Waals surface area (Å²) in [5.41, 5.74) is -0.263. The Kier molecular flexibility index (Phi) is 2.58. The van der Waals surface area contributed by atoms with Gasteiger partial charge in [0.05, 0.1) is 5.60 Å². The highest BCUT2D eigenvalue weighted by Gasteiger charge is 2.59. The smallest absolute Gasteiger partial charge is 0.0681 e. The number of aliphatic hydroxyl groups is 1. The molecule has 3 saturated carbocycles. The summed E-state index contributed by atoms with van der Waals surface area (Å²) in [6.07, 6.45) is 9.06. The molecule has 5 atom stereocenters. The lowest BCUT2D eigenvalue weighted by Crippen LogP contribution is -2.41. The van der Waals surface area contributed by atoms with Crippen LogP contribution in [0, 0.1) is 29.6 Å². The van der Waals surface area contributed by atoms with Crippen LogP contribution in [0.4, 0.5) is 0 Å². The van der Waals surface area contributed by atoms with Crippen molar-refractivity contribution < 1.29 is 5.11 Å². The van der Waals surface area contributed by atoms with Gasteiger partial charge in [0, 0.05) is 0 Å². The van der Waals surface area contributed by atoms with Crippen molar-refractivity contribution in [1.29, 1.82) is 0 Å². The van der Waals surface area contributed by atoms with Crippen molar-refractivity contribution in [3.63, 3.8) is 0 Å². The highest BCUT2D eigenvalue weighted by molar-refractivity contribution is 5.09. The van der Waals surface area contributed by atoms with Crippen molar-refractivity contribution in [3.05, 3.63) is 0 Å². The Hall–Kier alpha value is -0.0400. The van der Waals surface area contributed by atoms with Crippen molar-refractivity contribution in [2.24, 2.45) is 29.6 Å². The van der Waals surface area contributed by atoms with Crippen LogP contribution in [-0.2, 0) is 0 Å². The monoisotopic (exact) mass is 222 g/mol. The summed E-state index contributed by atoms with van der Waals surface area (Å²) >= 11 is 0. The summed E-state index contributed by atoms with van der Waals surface area (Å²) in [5, 5.41) is 10.9. The van der Waals surface area contributed by atoms with Crippen LogP contribution < -0.4 is 0 Å². The van der Waals surface area contributed by atoms with Gasteiger partial charge in [-0.1, -0.05) is 20.3 Å².